The fourth-order valence-electron chi connectivity index (χ4n) is 2.49. The molecule has 0 aliphatic carbocycles. The van der Waals surface area contributed by atoms with E-state index in [9.17, 15) is 9.90 Å². The van der Waals surface area contributed by atoms with Gasteiger partial charge in [0.15, 0.2) is 0 Å². The lowest BCUT2D eigenvalue weighted by atomic mass is 9.78. The second kappa shape index (κ2) is 6.18. The highest BCUT2D eigenvalue weighted by Crippen LogP contribution is 2.42. The minimum Gasteiger partial charge on any atom is -0.478 e. The quantitative estimate of drug-likeness (QED) is 0.827. The molecule has 1 aromatic carbocycles. The zero-order valence-electron chi connectivity index (χ0n) is 16.1. The van der Waals surface area contributed by atoms with Crippen LogP contribution in [0.15, 0.2) is 12.1 Å². The third-order valence-electron chi connectivity index (χ3n) is 4.30. The molecule has 0 aliphatic heterocycles. The Morgan fingerprint density at radius 1 is 1.00 bits per heavy atom. The number of aryl methyl sites for hydroxylation is 1. The number of hydrogen-bond donors (Lipinski definition) is 1. The van der Waals surface area contributed by atoms with Crippen LogP contribution >= 0.6 is 0 Å². The van der Waals surface area contributed by atoms with Gasteiger partial charge in [-0.25, -0.2) is 4.79 Å². The van der Waals surface area contributed by atoms with Crippen molar-refractivity contribution < 1.29 is 14.6 Å². The fraction of sp³-hybridized carbons (Fsp3) is 0.650. The van der Waals surface area contributed by atoms with Gasteiger partial charge < -0.3 is 9.84 Å². The van der Waals surface area contributed by atoms with Crippen LogP contribution in [0.3, 0.4) is 0 Å². The van der Waals surface area contributed by atoms with Crippen molar-refractivity contribution in [1.82, 2.24) is 0 Å². The first-order chi connectivity index (χ1) is 10.2. The summed E-state index contributed by atoms with van der Waals surface area (Å²) in [5.41, 5.74) is 1.80. The highest BCUT2D eigenvalue weighted by molar-refractivity contribution is 5.77. The summed E-state index contributed by atoms with van der Waals surface area (Å²) in [5, 5.41) is 9.61. The van der Waals surface area contributed by atoms with E-state index in [2.05, 4.69) is 60.6 Å². The SMILES string of the molecule is CCC(C)(Oc1c(C(C)(C)C)cc(C)cc1C(C)(C)C)C(=O)O. The van der Waals surface area contributed by atoms with Gasteiger partial charge >= 0.3 is 5.97 Å². The van der Waals surface area contributed by atoms with Crippen molar-refractivity contribution in [1.29, 1.82) is 0 Å². The van der Waals surface area contributed by atoms with E-state index in [1.165, 1.54) is 5.56 Å². The molecule has 1 aromatic rings. The molecule has 3 heteroatoms. The third kappa shape index (κ3) is 4.27. The van der Waals surface area contributed by atoms with Gasteiger partial charge in [0.05, 0.1) is 0 Å². The van der Waals surface area contributed by atoms with E-state index >= 15 is 0 Å². The zero-order valence-corrected chi connectivity index (χ0v) is 16.1. The van der Waals surface area contributed by atoms with Gasteiger partial charge in [-0.3, -0.25) is 0 Å². The van der Waals surface area contributed by atoms with E-state index in [-0.39, 0.29) is 10.8 Å². The van der Waals surface area contributed by atoms with Gasteiger partial charge in [-0.05, 0) is 31.1 Å². The summed E-state index contributed by atoms with van der Waals surface area (Å²) in [7, 11) is 0. The smallest absolute Gasteiger partial charge is 0.347 e. The van der Waals surface area contributed by atoms with Crippen LogP contribution < -0.4 is 4.74 Å². The summed E-state index contributed by atoms with van der Waals surface area (Å²) < 4.78 is 6.18. The topological polar surface area (TPSA) is 46.5 Å². The molecule has 0 aliphatic rings. The number of carboxylic acids is 1. The first-order valence-corrected chi connectivity index (χ1v) is 8.30. The van der Waals surface area contributed by atoms with Crippen LogP contribution in [-0.2, 0) is 15.6 Å². The van der Waals surface area contributed by atoms with Crippen LogP contribution in [0.5, 0.6) is 5.75 Å². The van der Waals surface area contributed by atoms with Crippen molar-refractivity contribution in [3.63, 3.8) is 0 Å². The number of ether oxygens (including phenoxy) is 1. The van der Waals surface area contributed by atoms with Crippen molar-refractivity contribution in [3.8, 4) is 5.75 Å². The summed E-state index contributed by atoms with van der Waals surface area (Å²) in [6.07, 6.45) is 0.406. The van der Waals surface area contributed by atoms with Gasteiger partial charge in [-0.2, -0.15) is 0 Å². The van der Waals surface area contributed by atoms with E-state index in [4.69, 9.17) is 4.74 Å². The Bertz CT molecular complexity index is 553. The Hall–Kier alpha value is -1.51. The monoisotopic (exact) mass is 320 g/mol. The second-order valence-electron chi connectivity index (χ2n) is 8.68. The van der Waals surface area contributed by atoms with Gasteiger partial charge in [0, 0.05) is 11.1 Å². The second-order valence-corrected chi connectivity index (χ2v) is 8.68. The lowest BCUT2D eigenvalue weighted by Gasteiger charge is -2.34. The highest BCUT2D eigenvalue weighted by Gasteiger charge is 2.37. The zero-order chi connectivity index (χ0) is 18.2. The van der Waals surface area contributed by atoms with E-state index < -0.39 is 11.6 Å². The Kier molecular flexibility index (Phi) is 5.25. The van der Waals surface area contributed by atoms with Gasteiger partial charge in [0.25, 0.3) is 0 Å². The summed E-state index contributed by atoms with van der Waals surface area (Å²) in [4.78, 5) is 11.7. The largest absolute Gasteiger partial charge is 0.478 e. The van der Waals surface area contributed by atoms with Crippen LogP contribution in [0.2, 0.25) is 0 Å². The first-order valence-electron chi connectivity index (χ1n) is 8.30. The van der Waals surface area contributed by atoms with Crippen molar-refractivity contribution in [2.24, 2.45) is 0 Å². The molecular formula is C20H32O3. The number of benzene rings is 1. The molecule has 0 amide bonds. The van der Waals surface area contributed by atoms with Crippen molar-refractivity contribution in [2.75, 3.05) is 0 Å². The number of carbonyl (C=O) groups is 1. The number of carboxylic acid groups (broad SMARTS) is 1. The summed E-state index contributed by atoms with van der Waals surface area (Å²) in [5.74, 6) is -0.206. The van der Waals surface area contributed by atoms with Gasteiger partial charge in [-0.15, -0.1) is 0 Å². The van der Waals surface area contributed by atoms with Crippen molar-refractivity contribution in [2.45, 2.75) is 85.2 Å². The molecule has 1 atom stereocenters. The Morgan fingerprint density at radius 3 is 1.65 bits per heavy atom. The average molecular weight is 320 g/mol. The van der Waals surface area contributed by atoms with Crippen LogP contribution in [0.4, 0.5) is 0 Å². The Balaban J connectivity index is 3.69. The number of aliphatic carboxylic acids is 1. The van der Waals surface area contributed by atoms with Gasteiger partial charge in [0.1, 0.15) is 5.75 Å². The molecule has 0 aromatic heterocycles. The summed E-state index contributed by atoms with van der Waals surface area (Å²) in [6.45, 7) is 18.3. The minimum absolute atomic E-state index is 0.130. The molecule has 1 N–H and O–H groups in total. The molecule has 0 bridgehead atoms. The Morgan fingerprint density at radius 2 is 1.39 bits per heavy atom. The van der Waals surface area contributed by atoms with Crippen LogP contribution in [0.1, 0.15) is 78.5 Å². The fourth-order valence-corrected chi connectivity index (χ4v) is 2.49. The Labute approximate surface area is 141 Å². The first kappa shape index (κ1) is 19.5. The molecule has 1 rings (SSSR count). The van der Waals surface area contributed by atoms with Crippen molar-refractivity contribution in [3.05, 3.63) is 28.8 Å². The molecule has 0 spiro atoms. The maximum atomic E-state index is 11.7. The summed E-state index contributed by atoms with van der Waals surface area (Å²) in [6, 6.07) is 4.23. The lowest BCUT2D eigenvalue weighted by molar-refractivity contribution is -0.154. The molecule has 0 heterocycles. The van der Waals surface area contributed by atoms with Crippen LogP contribution in [0, 0.1) is 6.92 Å². The van der Waals surface area contributed by atoms with E-state index in [1.54, 1.807) is 6.92 Å². The molecule has 130 valence electrons. The normalized spacial score (nSPS) is 15.2. The predicted molar refractivity (Wildman–Crippen MR) is 95.5 cm³/mol. The van der Waals surface area contributed by atoms with E-state index in [1.807, 2.05) is 6.92 Å². The molecule has 23 heavy (non-hydrogen) atoms. The van der Waals surface area contributed by atoms with Crippen LogP contribution in [0.25, 0.3) is 0 Å². The van der Waals surface area contributed by atoms with Crippen LogP contribution in [-0.4, -0.2) is 16.7 Å². The predicted octanol–water partition coefficient (Wildman–Crippen LogP) is 5.22. The number of hydrogen-bond acceptors (Lipinski definition) is 2. The molecule has 0 radical (unpaired) electrons. The van der Waals surface area contributed by atoms with Crippen molar-refractivity contribution >= 4 is 5.97 Å². The molecular weight excluding hydrogens is 288 g/mol. The van der Waals surface area contributed by atoms with Gasteiger partial charge in [-0.1, -0.05) is 66.2 Å². The standard InChI is InChI=1S/C20H32O3/c1-10-20(9,17(21)22)23-16-14(18(3,4)5)11-13(2)12-15(16)19(6,7)8/h11-12H,10H2,1-9H3,(H,21,22). The third-order valence-corrected chi connectivity index (χ3v) is 4.30. The molecule has 0 fully saturated rings. The summed E-state index contributed by atoms with van der Waals surface area (Å²) >= 11 is 0. The van der Waals surface area contributed by atoms with E-state index in [0.717, 1.165) is 16.9 Å². The molecule has 0 saturated carbocycles. The maximum Gasteiger partial charge on any atom is 0.347 e. The molecule has 3 nitrogen and oxygen atoms in total. The highest BCUT2D eigenvalue weighted by atomic mass is 16.5. The minimum atomic E-state index is -1.23. The molecule has 0 saturated heterocycles. The average Bonchev–Trinajstić information content (AvgIpc) is 2.37. The lowest BCUT2D eigenvalue weighted by Crippen LogP contribution is -2.42. The van der Waals surface area contributed by atoms with E-state index in [0.29, 0.717) is 6.42 Å². The number of rotatable bonds is 4. The maximum absolute atomic E-state index is 11.7. The molecule has 1 unspecified atom stereocenters. The van der Waals surface area contributed by atoms with Gasteiger partial charge in [0.2, 0.25) is 5.60 Å².